The number of anilines is 2. The Hall–Kier alpha value is -2.96. The zero-order chi connectivity index (χ0) is 16.3. The molecule has 0 spiro atoms. The second-order valence-corrected chi connectivity index (χ2v) is 4.65. The van der Waals surface area contributed by atoms with E-state index in [1.807, 2.05) is 0 Å². The lowest BCUT2D eigenvalue weighted by Gasteiger charge is -2.09. The van der Waals surface area contributed by atoms with Crippen LogP contribution in [0.3, 0.4) is 0 Å². The van der Waals surface area contributed by atoms with Crippen LogP contribution in [0.15, 0.2) is 36.4 Å². The molecule has 2 rings (SSSR count). The van der Waals surface area contributed by atoms with Crippen LogP contribution in [0.5, 0.6) is 0 Å². The number of hydrogen-bond acceptors (Lipinski definition) is 4. The number of nitro groups is 1. The highest BCUT2D eigenvalue weighted by atomic mass is 19.1. The maximum Gasteiger partial charge on any atom is 0.293 e. The molecule has 0 fully saturated rings. The number of nitrogens with one attached hydrogen (secondary N) is 2. The van der Waals surface area contributed by atoms with Crippen LogP contribution in [0.4, 0.5) is 21.5 Å². The molecule has 2 N–H and O–H groups in total. The van der Waals surface area contributed by atoms with Crippen molar-refractivity contribution in [2.45, 2.75) is 6.92 Å². The van der Waals surface area contributed by atoms with E-state index in [1.165, 1.54) is 36.4 Å². The Balaban J connectivity index is 2.30. The van der Waals surface area contributed by atoms with E-state index in [0.717, 1.165) is 0 Å². The fraction of sp³-hybridized carbons (Fsp3) is 0.133. The predicted octanol–water partition coefficient (Wildman–Crippen LogP) is 3.34. The van der Waals surface area contributed by atoms with E-state index in [2.05, 4.69) is 10.6 Å². The second kappa shape index (κ2) is 6.21. The van der Waals surface area contributed by atoms with Gasteiger partial charge in [0.2, 0.25) is 0 Å². The van der Waals surface area contributed by atoms with Crippen molar-refractivity contribution in [2.75, 3.05) is 17.7 Å². The first kappa shape index (κ1) is 15.4. The quantitative estimate of drug-likeness (QED) is 0.670. The van der Waals surface area contributed by atoms with Crippen LogP contribution in [-0.4, -0.2) is 17.9 Å². The van der Waals surface area contributed by atoms with E-state index in [-0.39, 0.29) is 11.3 Å². The van der Waals surface area contributed by atoms with E-state index in [9.17, 15) is 19.3 Å². The van der Waals surface area contributed by atoms with Gasteiger partial charge in [0.05, 0.1) is 4.92 Å². The highest BCUT2D eigenvalue weighted by molar-refractivity contribution is 6.05. The van der Waals surface area contributed by atoms with Crippen LogP contribution in [0.2, 0.25) is 0 Å². The number of carbonyl (C=O) groups excluding carboxylic acids is 1. The molecular formula is C15H14FN3O3. The summed E-state index contributed by atoms with van der Waals surface area (Å²) < 4.78 is 13.0. The van der Waals surface area contributed by atoms with Crippen molar-refractivity contribution < 1.29 is 14.1 Å². The third-order valence-electron chi connectivity index (χ3n) is 3.16. The van der Waals surface area contributed by atoms with Gasteiger partial charge in [-0.15, -0.1) is 0 Å². The summed E-state index contributed by atoms with van der Waals surface area (Å²) in [5.41, 5.74) is 1.29. The standard InChI is InChI=1S/C15H14FN3O3/c1-9-7-11(16)4-6-12(9)18-15(20)10-3-5-13(17-2)14(8-10)19(21)22/h3-8,17H,1-2H3,(H,18,20). The van der Waals surface area contributed by atoms with Crippen molar-refractivity contribution in [1.82, 2.24) is 0 Å². The molecule has 0 heterocycles. The van der Waals surface area contributed by atoms with E-state index < -0.39 is 16.6 Å². The average Bonchev–Trinajstić information content (AvgIpc) is 2.49. The van der Waals surface area contributed by atoms with Crippen LogP contribution in [0.25, 0.3) is 0 Å². The lowest BCUT2D eigenvalue weighted by Crippen LogP contribution is -2.13. The Labute approximate surface area is 126 Å². The number of amides is 1. The Morgan fingerprint density at radius 2 is 1.86 bits per heavy atom. The van der Waals surface area contributed by atoms with Crippen molar-refractivity contribution in [1.29, 1.82) is 0 Å². The molecule has 0 aliphatic carbocycles. The lowest BCUT2D eigenvalue weighted by molar-refractivity contribution is -0.384. The highest BCUT2D eigenvalue weighted by Crippen LogP contribution is 2.25. The number of aryl methyl sites for hydroxylation is 1. The third-order valence-corrected chi connectivity index (χ3v) is 3.16. The van der Waals surface area contributed by atoms with Crippen molar-refractivity contribution in [3.8, 4) is 0 Å². The first-order valence-corrected chi connectivity index (χ1v) is 6.46. The van der Waals surface area contributed by atoms with Crippen LogP contribution in [0, 0.1) is 22.9 Å². The van der Waals surface area contributed by atoms with Gasteiger partial charge in [-0.25, -0.2) is 4.39 Å². The molecule has 0 saturated heterocycles. The summed E-state index contributed by atoms with van der Waals surface area (Å²) in [7, 11) is 1.56. The van der Waals surface area contributed by atoms with Crippen LogP contribution in [-0.2, 0) is 0 Å². The molecule has 0 aliphatic rings. The minimum Gasteiger partial charge on any atom is -0.383 e. The van der Waals surface area contributed by atoms with Crippen molar-refractivity contribution in [3.63, 3.8) is 0 Å². The first-order chi connectivity index (χ1) is 10.4. The Bertz CT molecular complexity index is 747. The number of halogens is 1. The van der Waals surface area contributed by atoms with Crippen molar-refractivity contribution in [3.05, 3.63) is 63.5 Å². The lowest BCUT2D eigenvalue weighted by atomic mass is 10.1. The number of rotatable bonds is 4. The molecule has 0 aromatic heterocycles. The van der Waals surface area contributed by atoms with E-state index in [1.54, 1.807) is 14.0 Å². The average molecular weight is 303 g/mol. The van der Waals surface area contributed by atoms with E-state index in [4.69, 9.17) is 0 Å². The molecule has 2 aromatic carbocycles. The maximum absolute atomic E-state index is 13.0. The van der Waals surface area contributed by atoms with Gasteiger partial charge in [0.25, 0.3) is 11.6 Å². The molecule has 0 radical (unpaired) electrons. The Morgan fingerprint density at radius 3 is 2.45 bits per heavy atom. The summed E-state index contributed by atoms with van der Waals surface area (Å²) in [6, 6.07) is 8.11. The molecule has 114 valence electrons. The zero-order valence-electron chi connectivity index (χ0n) is 12.0. The molecular weight excluding hydrogens is 289 g/mol. The molecule has 2 aromatic rings. The number of nitrogens with zero attached hydrogens (tertiary/aromatic N) is 1. The zero-order valence-corrected chi connectivity index (χ0v) is 12.0. The minimum absolute atomic E-state index is 0.148. The molecule has 0 atom stereocenters. The SMILES string of the molecule is CNc1ccc(C(=O)Nc2ccc(F)cc2C)cc1[N+](=O)[O-]. The molecule has 0 unspecified atom stereocenters. The fourth-order valence-corrected chi connectivity index (χ4v) is 2.00. The largest absolute Gasteiger partial charge is 0.383 e. The van der Waals surface area contributed by atoms with Gasteiger partial charge in [0, 0.05) is 24.4 Å². The molecule has 0 saturated carbocycles. The second-order valence-electron chi connectivity index (χ2n) is 4.65. The van der Waals surface area contributed by atoms with Gasteiger partial charge in [-0.3, -0.25) is 14.9 Å². The number of benzene rings is 2. The third kappa shape index (κ3) is 3.20. The fourth-order valence-electron chi connectivity index (χ4n) is 2.00. The normalized spacial score (nSPS) is 10.1. The molecule has 7 heteroatoms. The number of hydrogen-bond donors (Lipinski definition) is 2. The number of carbonyl (C=O) groups is 1. The van der Waals surface area contributed by atoms with Crippen LogP contribution < -0.4 is 10.6 Å². The van der Waals surface area contributed by atoms with Crippen LogP contribution >= 0.6 is 0 Å². The smallest absolute Gasteiger partial charge is 0.293 e. The summed E-state index contributed by atoms with van der Waals surface area (Å²) in [5.74, 6) is -0.898. The molecule has 6 nitrogen and oxygen atoms in total. The number of nitro benzene ring substituents is 1. The summed E-state index contributed by atoms with van der Waals surface area (Å²) >= 11 is 0. The van der Waals surface area contributed by atoms with Crippen molar-refractivity contribution in [2.24, 2.45) is 0 Å². The van der Waals surface area contributed by atoms with E-state index >= 15 is 0 Å². The van der Waals surface area contributed by atoms with Gasteiger partial charge in [0.15, 0.2) is 0 Å². The monoisotopic (exact) mass is 303 g/mol. The summed E-state index contributed by atoms with van der Waals surface area (Å²) in [6.07, 6.45) is 0. The Kier molecular flexibility index (Phi) is 4.36. The van der Waals surface area contributed by atoms with Crippen molar-refractivity contribution >= 4 is 23.0 Å². The van der Waals surface area contributed by atoms with Gasteiger partial charge < -0.3 is 10.6 Å². The van der Waals surface area contributed by atoms with Crippen LogP contribution in [0.1, 0.15) is 15.9 Å². The van der Waals surface area contributed by atoms with E-state index in [0.29, 0.717) is 16.9 Å². The summed E-state index contributed by atoms with van der Waals surface area (Å²) in [6.45, 7) is 1.66. The molecule has 22 heavy (non-hydrogen) atoms. The maximum atomic E-state index is 13.0. The molecule has 0 bridgehead atoms. The topological polar surface area (TPSA) is 84.3 Å². The van der Waals surface area contributed by atoms with Gasteiger partial charge in [-0.1, -0.05) is 0 Å². The van der Waals surface area contributed by atoms with Gasteiger partial charge >= 0.3 is 0 Å². The highest BCUT2D eigenvalue weighted by Gasteiger charge is 2.17. The summed E-state index contributed by atoms with van der Waals surface area (Å²) in [4.78, 5) is 22.6. The van der Waals surface area contributed by atoms with Gasteiger partial charge in [-0.05, 0) is 42.8 Å². The van der Waals surface area contributed by atoms with Gasteiger partial charge in [-0.2, -0.15) is 0 Å². The summed E-state index contributed by atoms with van der Waals surface area (Å²) in [5, 5.41) is 16.3. The van der Waals surface area contributed by atoms with Gasteiger partial charge in [0.1, 0.15) is 11.5 Å². The molecule has 0 aliphatic heterocycles. The predicted molar refractivity (Wildman–Crippen MR) is 81.7 cm³/mol. The Morgan fingerprint density at radius 1 is 1.18 bits per heavy atom. The minimum atomic E-state index is -0.564. The first-order valence-electron chi connectivity index (χ1n) is 6.46. The molecule has 1 amide bonds.